The average molecular weight is 438 g/mol. The summed E-state index contributed by atoms with van der Waals surface area (Å²) in [6.45, 7) is 1.38. The van der Waals surface area contributed by atoms with Crippen molar-refractivity contribution in [3.8, 4) is 22.6 Å². The van der Waals surface area contributed by atoms with Crippen molar-refractivity contribution >= 4 is 16.9 Å². The SMILES string of the molecule is Cn1ccc(-c2nc3ccc(C(=O)NCCCn4ccnc4)cc3nc2-c2ccccc2)n1. The predicted octanol–water partition coefficient (Wildman–Crippen LogP) is 3.71. The normalized spacial score (nSPS) is 11.1. The highest BCUT2D eigenvalue weighted by Gasteiger charge is 2.16. The van der Waals surface area contributed by atoms with Crippen molar-refractivity contribution in [3.05, 3.63) is 85.1 Å². The number of aromatic nitrogens is 6. The molecule has 2 aromatic carbocycles. The van der Waals surface area contributed by atoms with E-state index in [1.165, 1.54) is 0 Å². The molecule has 5 rings (SSSR count). The third-order valence-electron chi connectivity index (χ3n) is 5.37. The lowest BCUT2D eigenvalue weighted by Gasteiger charge is -2.10. The Balaban J connectivity index is 1.43. The summed E-state index contributed by atoms with van der Waals surface area (Å²) in [5.41, 5.74) is 5.09. The van der Waals surface area contributed by atoms with E-state index in [9.17, 15) is 4.79 Å². The molecule has 0 spiro atoms. The van der Waals surface area contributed by atoms with Crippen molar-refractivity contribution < 1.29 is 4.79 Å². The minimum absolute atomic E-state index is 0.126. The summed E-state index contributed by atoms with van der Waals surface area (Å²) in [5.74, 6) is -0.126. The van der Waals surface area contributed by atoms with Crippen LogP contribution in [0.5, 0.6) is 0 Å². The van der Waals surface area contributed by atoms with Gasteiger partial charge in [-0.25, -0.2) is 15.0 Å². The molecule has 1 amide bonds. The first-order valence-electron chi connectivity index (χ1n) is 10.8. The molecule has 0 fully saturated rings. The third-order valence-corrected chi connectivity index (χ3v) is 5.37. The van der Waals surface area contributed by atoms with Gasteiger partial charge in [0.05, 0.1) is 23.1 Å². The molecule has 1 N–H and O–H groups in total. The molecule has 0 aliphatic heterocycles. The molecule has 0 radical (unpaired) electrons. The van der Waals surface area contributed by atoms with Crippen LogP contribution in [-0.4, -0.2) is 41.8 Å². The maximum atomic E-state index is 12.7. The smallest absolute Gasteiger partial charge is 0.251 e. The van der Waals surface area contributed by atoms with E-state index < -0.39 is 0 Å². The van der Waals surface area contributed by atoms with Crippen molar-refractivity contribution in [1.82, 2.24) is 34.6 Å². The van der Waals surface area contributed by atoms with Crippen molar-refractivity contribution in [1.29, 1.82) is 0 Å². The summed E-state index contributed by atoms with van der Waals surface area (Å²) in [6.07, 6.45) is 8.13. The van der Waals surface area contributed by atoms with Gasteiger partial charge in [-0.2, -0.15) is 5.10 Å². The highest BCUT2D eigenvalue weighted by atomic mass is 16.1. The van der Waals surface area contributed by atoms with Gasteiger partial charge in [0.1, 0.15) is 11.4 Å². The Kier molecular flexibility index (Phi) is 5.63. The molecule has 0 aliphatic carbocycles. The maximum absolute atomic E-state index is 12.7. The van der Waals surface area contributed by atoms with Crippen LogP contribution in [0.15, 0.2) is 79.5 Å². The second-order valence-electron chi connectivity index (χ2n) is 7.77. The van der Waals surface area contributed by atoms with E-state index in [1.807, 2.05) is 66.5 Å². The van der Waals surface area contributed by atoms with Crippen LogP contribution in [0.2, 0.25) is 0 Å². The van der Waals surface area contributed by atoms with Crippen LogP contribution in [0.25, 0.3) is 33.7 Å². The van der Waals surface area contributed by atoms with E-state index in [4.69, 9.17) is 9.97 Å². The zero-order valence-corrected chi connectivity index (χ0v) is 18.2. The van der Waals surface area contributed by atoms with Gasteiger partial charge in [-0.3, -0.25) is 9.48 Å². The van der Waals surface area contributed by atoms with Crippen LogP contribution in [0.1, 0.15) is 16.8 Å². The largest absolute Gasteiger partial charge is 0.352 e. The third kappa shape index (κ3) is 4.50. The summed E-state index contributed by atoms with van der Waals surface area (Å²) < 4.78 is 3.73. The first-order valence-corrected chi connectivity index (χ1v) is 10.8. The Hall–Kier alpha value is -4.33. The minimum Gasteiger partial charge on any atom is -0.352 e. The highest BCUT2D eigenvalue weighted by Crippen LogP contribution is 2.30. The number of imidazole rings is 1. The van der Waals surface area contributed by atoms with E-state index >= 15 is 0 Å². The summed E-state index contributed by atoms with van der Waals surface area (Å²) >= 11 is 0. The Morgan fingerprint density at radius 2 is 1.82 bits per heavy atom. The molecule has 0 aliphatic rings. The number of fused-ring (bicyclic) bond motifs is 1. The molecule has 0 saturated carbocycles. The Morgan fingerprint density at radius 1 is 0.970 bits per heavy atom. The zero-order valence-electron chi connectivity index (χ0n) is 18.2. The topological polar surface area (TPSA) is 90.5 Å². The summed E-state index contributed by atoms with van der Waals surface area (Å²) in [6, 6.07) is 17.2. The Bertz CT molecular complexity index is 1390. The van der Waals surface area contributed by atoms with Gasteiger partial charge in [0.25, 0.3) is 5.91 Å². The van der Waals surface area contributed by atoms with Crippen LogP contribution in [0.4, 0.5) is 0 Å². The van der Waals surface area contributed by atoms with Gasteiger partial charge in [-0.15, -0.1) is 0 Å². The lowest BCUT2D eigenvalue weighted by atomic mass is 10.1. The molecule has 3 aromatic heterocycles. The van der Waals surface area contributed by atoms with Gasteiger partial charge < -0.3 is 9.88 Å². The van der Waals surface area contributed by atoms with E-state index in [2.05, 4.69) is 15.4 Å². The molecule has 8 nitrogen and oxygen atoms in total. The van der Waals surface area contributed by atoms with Gasteiger partial charge in [0.2, 0.25) is 0 Å². The van der Waals surface area contributed by atoms with Crippen LogP contribution in [-0.2, 0) is 13.6 Å². The molecule has 0 saturated heterocycles. The van der Waals surface area contributed by atoms with Gasteiger partial charge in [-0.1, -0.05) is 30.3 Å². The molecule has 164 valence electrons. The molecule has 0 atom stereocenters. The van der Waals surface area contributed by atoms with Crippen LogP contribution < -0.4 is 5.32 Å². The van der Waals surface area contributed by atoms with Gasteiger partial charge >= 0.3 is 0 Å². The molecule has 33 heavy (non-hydrogen) atoms. The predicted molar refractivity (Wildman–Crippen MR) is 126 cm³/mol. The number of carbonyl (C=O) groups is 1. The summed E-state index contributed by atoms with van der Waals surface area (Å²) in [5, 5.41) is 7.50. The second kappa shape index (κ2) is 9.04. The zero-order chi connectivity index (χ0) is 22.6. The maximum Gasteiger partial charge on any atom is 0.251 e. The molecule has 0 unspecified atom stereocenters. The number of carbonyl (C=O) groups excluding carboxylic acids is 1. The highest BCUT2D eigenvalue weighted by molar-refractivity contribution is 5.98. The van der Waals surface area contributed by atoms with E-state index in [1.54, 1.807) is 29.3 Å². The standard InChI is InChI=1S/C25H23N7O/c1-31-14-10-21(30-31)24-23(18-6-3-2-4-7-18)29-22-16-19(8-9-20(22)28-24)25(33)27-11-5-13-32-15-12-26-17-32/h2-4,6-10,12,14-17H,5,11,13H2,1H3,(H,27,33). The van der Waals surface area contributed by atoms with Crippen molar-refractivity contribution in [3.63, 3.8) is 0 Å². The number of nitrogens with one attached hydrogen (secondary N) is 1. The molecule has 0 bridgehead atoms. The fraction of sp³-hybridized carbons (Fsp3) is 0.160. The van der Waals surface area contributed by atoms with Crippen molar-refractivity contribution in [2.75, 3.05) is 6.54 Å². The average Bonchev–Trinajstić information content (AvgIpc) is 3.53. The molecule has 8 heteroatoms. The molecular weight excluding hydrogens is 414 g/mol. The van der Waals surface area contributed by atoms with Gasteiger partial charge in [0.15, 0.2) is 0 Å². The first-order chi connectivity index (χ1) is 16.2. The lowest BCUT2D eigenvalue weighted by Crippen LogP contribution is -2.25. The fourth-order valence-electron chi connectivity index (χ4n) is 3.70. The number of rotatable bonds is 7. The van der Waals surface area contributed by atoms with Crippen molar-refractivity contribution in [2.24, 2.45) is 7.05 Å². The molecule has 5 aromatic rings. The van der Waals surface area contributed by atoms with Crippen LogP contribution in [0.3, 0.4) is 0 Å². The van der Waals surface area contributed by atoms with E-state index in [-0.39, 0.29) is 5.91 Å². The van der Waals surface area contributed by atoms with Gasteiger partial charge in [0, 0.05) is 49.9 Å². The number of benzene rings is 2. The first kappa shape index (κ1) is 20.6. The summed E-state index contributed by atoms with van der Waals surface area (Å²) in [4.78, 5) is 26.5. The monoisotopic (exact) mass is 437 g/mol. The Labute approximate surface area is 191 Å². The van der Waals surface area contributed by atoms with Gasteiger partial charge in [-0.05, 0) is 30.7 Å². The number of hydrogen-bond acceptors (Lipinski definition) is 5. The van der Waals surface area contributed by atoms with Crippen molar-refractivity contribution in [2.45, 2.75) is 13.0 Å². The van der Waals surface area contributed by atoms with Crippen LogP contribution >= 0.6 is 0 Å². The minimum atomic E-state index is -0.126. The Morgan fingerprint density at radius 3 is 2.58 bits per heavy atom. The van der Waals surface area contributed by atoms with E-state index in [0.29, 0.717) is 28.8 Å². The molecule has 3 heterocycles. The van der Waals surface area contributed by atoms with E-state index in [0.717, 1.165) is 29.9 Å². The number of amides is 1. The number of hydrogen-bond donors (Lipinski definition) is 1. The fourth-order valence-corrected chi connectivity index (χ4v) is 3.70. The second-order valence-corrected chi connectivity index (χ2v) is 7.77. The quantitative estimate of drug-likeness (QED) is 0.392. The number of aryl methyl sites for hydroxylation is 2. The lowest BCUT2D eigenvalue weighted by molar-refractivity contribution is 0.0953. The molecular formula is C25H23N7O. The number of nitrogens with zero attached hydrogens (tertiary/aromatic N) is 6. The summed E-state index contributed by atoms with van der Waals surface area (Å²) in [7, 11) is 1.88. The van der Waals surface area contributed by atoms with Crippen LogP contribution in [0, 0.1) is 0 Å².